The average Bonchev–Trinajstić information content (AvgIpc) is 2.31. The Morgan fingerprint density at radius 2 is 2.11 bits per heavy atom. The number of nitrogens with zero attached hydrogens (tertiary/aromatic N) is 1. The molecule has 0 amide bonds. The van der Waals surface area contributed by atoms with E-state index in [1.807, 2.05) is 19.9 Å². The van der Waals surface area contributed by atoms with Gasteiger partial charge < -0.3 is 15.4 Å². The van der Waals surface area contributed by atoms with E-state index in [4.69, 9.17) is 10.5 Å². The first kappa shape index (κ1) is 14.0. The fraction of sp³-hybridized carbons (Fsp3) is 0.625. The van der Waals surface area contributed by atoms with E-state index in [9.17, 15) is 0 Å². The Bertz CT molecular complexity index is 413. The molecule has 1 fully saturated rings. The minimum atomic E-state index is 0.152. The third kappa shape index (κ3) is 3.55. The van der Waals surface area contributed by atoms with Crippen molar-refractivity contribution in [3.05, 3.63) is 18.2 Å². The van der Waals surface area contributed by atoms with E-state index in [0.29, 0.717) is 0 Å². The number of hydrogen-bond acceptors (Lipinski definition) is 3. The third-order valence-electron chi connectivity index (χ3n) is 3.81. The first-order chi connectivity index (χ1) is 9.10. The van der Waals surface area contributed by atoms with Gasteiger partial charge in [-0.05, 0) is 51.7 Å². The van der Waals surface area contributed by atoms with Gasteiger partial charge in [-0.25, -0.2) is 0 Å². The SMILES string of the molecule is CCN(CC1CCC1)c1ccc(N)c(OC(C)C)c1. The van der Waals surface area contributed by atoms with Gasteiger partial charge >= 0.3 is 0 Å². The molecule has 1 aliphatic carbocycles. The second-order valence-electron chi connectivity index (χ2n) is 5.72. The van der Waals surface area contributed by atoms with Crippen molar-refractivity contribution in [2.45, 2.75) is 46.1 Å². The standard InChI is InChI=1S/C16H26N2O/c1-4-18(11-13-6-5-7-13)14-8-9-15(17)16(10-14)19-12(2)3/h8-10,12-13H,4-7,11,17H2,1-3H3. The fourth-order valence-electron chi connectivity index (χ4n) is 2.48. The Balaban J connectivity index is 2.12. The molecule has 0 atom stereocenters. The Morgan fingerprint density at radius 1 is 1.37 bits per heavy atom. The van der Waals surface area contributed by atoms with Gasteiger partial charge in [0.05, 0.1) is 11.8 Å². The number of hydrogen-bond donors (Lipinski definition) is 1. The highest BCUT2D eigenvalue weighted by atomic mass is 16.5. The Hall–Kier alpha value is -1.38. The van der Waals surface area contributed by atoms with Crippen molar-refractivity contribution in [2.75, 3.05) is 23.7 Å². The van der Waals surface area contributed by atoms with Crippen molar-refractivity contribution < 1.29 is 4.74 Å². The summed E-state index contributed by atoms with van der Waals surface area (Å²) < 4.78 is 5.77. The van der Waals surface area contributed by atoms with Gasteiger partial charge in [0, 0.05) is 24.8 Å². The number of benzene rings is 1. The molecule has 3 heteroatoms. The zero-order valence-electron chi connectivity index (χ0n) is 12.4. The van der Waals surface area contributed by atoms with Crippen LogP contribution in [0.4, 0.5) is 11.4 Å². The maximum atomic E-state index is 5.97. The van der Waals surface area contributed by atoms with Gasteiger partial charge in [0.1, 0.15) is 5.75 Å². The predicted octanol–water partition coefficient (Wildman–Crippen LogP) is 3.68. The molecule has 1 aromatic rings. The lowest BCUT2D eigenvalue weighted by molar-refractivity contribution is 0.244. The molecule has 106 valence electrons. The fourth-order valence-corrected chi connectivity index (χ4v) is 2.48. The molecule has 0 unspecified atom stereocenters. The molecule has 0 aromatic heterocycles. The van der Waals surface area contributed by atoms with E-state index in [1.165, 1.54) is 24.9 Å². The molecule has 19 heavy (non-hydrogen) atoms. The van der Waals surface area contributed by atoms with Crippen LogP contribution in [-0.4, -0.2) is 19.2 Å². The van der Waals surface area contributed by atoms with Crippen LogP contribution in [0, 0.1) is 5.92 Å². The summed E-state index contributed by atoms with van der Waals surface area (Å²) in [4.78, 5) is 2.43. The van der Waals surface area contributed by atoms with E-state index in [2.05, 4.69) is 24.0 Å². The maximum absolute atomic E-state index is 5.97. The number of nitrogens with two attached hydrogens (primary N) is 1. The summed E-state index contributed by atoms with van der Waals surface area (Å²) in [5.74, 6) is 1.67. The van der Waals surface area contributed by atoms with Crippen molar-refractivity contribution in [3.8, 4) is 5.75 Å². The summed E-state index contributed by atoms with van der Waals surface area (Å²) in [5, 5.41) is 0. The second-order valence-corrected chi connectivity index (χ2v) is 5.72. The summed E-state index contributed by atoms with van der Waals surface area (Å²) in [7, 11) is 0. The molecular formula is C16H26N2O. The van der Waals surface area contributed by atoms with Crippen LogP contribution in [0.1, 0.15) is 40.0 Å². The second kappa shape index (κ2) is 6.18. The number of rotatable bonds is 6. The molecule has 2 N–H and O–H groups in total. The first-order valence-corrected chi connectivity index (χ1v) is 7.41. The van der Waals surface area contributed by atoms with Gasteiger partial charge in [-0.2, -0.15) is 0 Å². The van der Waals surface area contributed by atoms with Gasteiger partial charge in [-0.3, -0.25) is 0 Å². The van der Waals surface area contributed by atoms with Gasteiger partial charge in [-0.15, -0.1) is 0 Å². The zero-order valence-corrected chi connectivity index (χ0v) is 12.4. The predicted molar refractivity (Wildman–Crippen MR) is 81.8 cm³/mol. The third-order valence-corrected chi connectivity index (χ3v) is 3.81. The van der Waals surface area contributed by atoms with E-state index >= 15 is 0 Å². The van der Waals surface area contributed by atoms with Gasteiger partial charge in [0.25, 0.3) is 0 Å². The van der Waals surface area contributed by atoms with Crippen LogP contribution < -0.4 is 15.4 Å². The smallest absolute Gasteiger partial charge is 0.144 e. The quantitative estimate of drug-likeness (QED) is 0.795. The molecule has 1 saturated carbocycles. The highest BCUT2D eigenvalue weighted by Crippen LogP contribution is 2.32. The van der Waals surface area contributed by atoms with Crippen LogP contribution in [0.15, 0.2) is 18.2 Å². The van der Waals surface area contributed by atoms with Crippen molar-refractivity contribution in [2.24, 2.45) is 5.92 Å². The molecule has 0 aliphatic heterocycles. The molecule has 0 heterocycles. The molecular weight excluding hydrogens is 236 g/mol. The lowest BCUT2D eigenvalue weighted by atomic mass is 9.85. The largest absolute Gasteiger partial charge is 0.489 e. The van der Waals surface area contributed by atoms with E-state index in [-0.39, 0.29) is 6.10 Å². The van der Waals surface area contributed by atoms with Crippen molar-refractivity contribution >= 4 is 11.4 Å². The average molecular weight is 262 g/mol. The first-order valence-electron chi connectivity index (χ1n) is 7.41. The summed E-state index contributed by atoms with van der Waals surface area (Å²) in [6, 6.07) is 6.14. The number of ether oxygens (including phenoxy) is 1. The minimum Gasteiger partial charge on any atom is -0.489 e. The van der Waals surface area contributed by atoms with Crippen LogP contribution in [0.2, 0.25) is 0 Å². The van der Waals surface area contributed by atoms with Crippen LogP contribution in [-0.2, 0) is 0 Å². The highest BCUT2D eigenvalue weighted by molar-refractivity contribution is 5.62. The van der Waals surface area contributed by atoms with E-state index in [0.717, 1.165) is 30.4 Å². The van der Waals surface area contributed by atoms with Crippen LogP contribution in [0.5, 0.6) is 5.75 Å². The van der Waals surface area contributed by atoms with Crippen molar-refractivity contribution in [1.29, 1.82) is 0 Å². The summed E-state index contributed by atoms with van der Waals surface area (Å²) in [6.07, 6.45) is 4.30. The summed E-state index contributed by atoms with van der Waals surface area (Å²) >= 11 is 0. The van der Waals surface area contributed by atoms with Crippen LogP contribution in [0.3, 0.4) is 0 Å². The molecule has 3 nitrogen and oxygen atoms in total. The van der Waals surface area contributed by atoms with E-state index in [1.54, 1.807) is 0 Å². The Morgan fingerprint density at radius 3 is 2.63 bits per heavy atom. The monoisotopic (exact) mass is 262 g/mol. The van der Waals surface area contributed by atoms with Gasteiger partial charge in [0.2, 0.25) is 0 Å². The Kier molecular flexibility index (Phi) is 4.56. The van der Waals surface area contributed by atoms with Gasteiger partial charge in [-0.1, -0.05) is 6.42 Å². The van der Waals surface area contributed by atoms with Crippen molar-refractivity contribution in [1.82, 2.24) is 0 Å². The highest BCUT2D eigenvalue weighted by Gasteiger charge is 2.20. The van der Waals surface area contributed by atoms with Crippen LogP contribution in [0.25, 0.3) is 0 Å². The molecule has 1 aliphatic rings. The molecule has 2 rings (SSSR count). The van der Waals surface area contributed by atoms with Gasteiger partial charge in [0.15, 0.2) is 0 Å². The normalized spacial score (nSPS) is 15.4. The maximum Gasteiger partial charge on any atom is 0.144 e. The topological polar surface area (TPSA) is 38.5 Å². The molecule has 0 radical (unpaired) electrons. The lowest BCUT2D eigenvalue weighted by Crippen LogP contribution is -2.32. The van der Waals surface area contributed by atoms with E-state index < -0.39 is 0 Å². The Labute approximate surface area is 116 Å². The molecule has 0 saturated heterocycles. The van der Waals surface area contributed by atoms with Crippen LogP contribution >= 0.6 is 0 Å². The zero-order chi connectivity index (χ0) is 13.8. The summed E-state index contributed by atoms with van der Waals surface area (Å²) in [5.41, 5.74) is 7.92. The lowest BCUT2D eigenvalue weighted by Gasteiger charge is -2.33. The minimum absolute atomic E-state index is 0.152. The van der Waals surface area contributed by atoms with Crippen molar-refractivity contribution in [3.63, 3.8) is 0 Å². The molecule has 1 aromatic carbocycles. The number of nitrogen functional groups attached to an aromatic ring is 1. The molecule has 0 spiro atoms. The summed E-state index contributed by atoms with van der Waals surface area (Å²) in [6.45, 7) is 8.44. The molecule has 0 bridgehead atoms. The number of anilines is 2.